The first-order valence-electron chi connectivity index (χ1n) is 17.8. The van der Waals surface area contributed by atoms with E-state index in [-0.39, 0.29) is 0 Å². The minimum atomic E-state index is -4.05. The zero-order chi connectivity index (χ0) is 33.2. The molecule has 0 amide bonds. The summed E-state index contributed by atoms with van der Waals surface area (Å²) in [5.41, 5.74) is 12.2. The van der Waals surface area contributed by atoms with Gasteiger partial charge in [-0.3, -0.25) is 0 Å². The molecule has 0 N–H and O–H groups in total. The van der Waals surface area contributed by atoms with Crippen LogP contribution in [0.3, 0.4) is 0 Å². The molecule has 2 atom stereocenters. The molecule has 0 saturated carbocycles. The fourth-order valence-electron chi connectivity index (χ4n) is 10.7. The van der Waals surface area contributed by atoms with Crippen LogP contribution in [0.4, 0.5) is 0 Å². The monoisotopic (exact) mass is 806 g/mol. The molecule has 2 heteroatoms. The van der Waals surface area contributed by atoms with Gasteiger partial charge in [-0.25, -0.2) is 0 Å². The average Bonchev–Trinajstić information content (AvgIpc) is 3.74. The van der Waals surface area contributed by atoms with Crippen LogP contribution < -0.4 is 0 Å². The first kappa shape index (κ1) is 31.7. The van der Waals surface area contributed by atoms with Gasteiger partial charge in [-0.05, 0) is 0 Å². The number of rotatable bonds is 6. The molecule has 0 nitrogen and oxygen atoms in total. The molecule has 2 unspecified atom stereocenters. The van der Waals surface area contributed by atoms with Crippen LogP contribution in [-0.2, 0) is 17.1 Å². The fraction of sp³-hybridized carbons (Fsp3) is 0.217. The Morgan fingerprint density at radius 3 is 1.27 bits per heavy atom. The van der Waals surface area contributed by atoms with Crippen LogP contribution in [0.1, 0.15) is 57.3 Å². The van der Waals surface area contributed by atoms with E-state index in [9.17, 15) is 0 Å². The van der Waals surface area contributed by atoms with Gasteiger partial charge in [0.15, 0.2) is 0 Å². The van der Waals surface area contributed by atoms with Gasteiger partial charge in [-0.1, -0.05) is 0 Å². The van der Waals surface area contributed by atoms with E-state index in [1.807, 2.05) is 0 Å². The van der Waals surface area contributed by atoms with Gasteiger partial charge in [0.1, 0.15) is 0 Å². The molecule has 2 aliphatic rings. The minimum absolute atomic E-state index is 0.507. The quantitative estimate of drug-likeness (QED) is 0.147. The Morgan fingerprint density at radius 2 is 0.833 bits per heavy atom. The second kappa shape index (κ2) is 11.8. The number of hydrogen-bond donors (Lipinski definition) is 0. The van der Waals surface area contributed by atoms with Gasteiger partial charge in [-0.2, -0.15) is 0 Å². The average molecular weight is 805 g/mol. The van der Waals surface area contributed by atoms with E-state index in [1.165, 1.54) is 54.9 Å². The molecule has 6 aromatic rings. The zero-order valence-corrected chi connectivity index (χ0v) is 33.8. The van der Waals surface area contributed by atoms with Crippen LogP contribution in [0.5, 0.6) is 0 Å². The zero-order valence-electron chi connectivity index (χ0n) is 29.2. The van der Waals surface area contributed by atoms with Crippen molar-refractivity contribution >= 4 is 39.2 Å². The summed E-state index contributed by atoms with van der Waals surface area (Å²) in [5, 5.41) is 5.29. The van der Waals surface area contributed by atoms with Crippen LogP contribution >= 0.6 is 0 Å². The molecule has 8 rings (SSSR count). The summed E-state index contributed by atoms with van der Waals surface area (Å²) >= 11 is -4.05. The summed E-state index contributed by atoms with van der Waals surface area (Å²) in [5.74, 6) is 0. The van der Waals surface area contributed by atoms with E-state index in [2.05, 4.69) is 183 Å². The molecule has 0 spiro atoms. The third kappa shape index (κ3) is 4.70. The summed E-state index contributed by atoms with van der Waals surface area (Å²) in [7, 11) is 0. The molecule has 0 fully saturated rings. The van der Waals surface area contributed by atoms with Gasteiger partial charge < -0.3 is 0 Å². The van der Waals surface area contributed by atoms with E-state index in [1.54, 1.807) is 11.1 Å². The first-order valence-corrected chi connectivity index (χ1v) is 36.2. The van der Waals surface area contributed by atoms with Gasteiger partial charge >= 0.3 is 290 Å². The molecule has 6 aromatic carbocycles. The van der Waals surface area contributed by atoms with Gasteiger partial charge in [0.05, 0.1) is 0 Å². The maximum absolute atomic E-state index is 4.05. The Kier molecular flexibility index (Phi) is 7.77. The van der Waals surface area contributed by atoms with Crippen LogP contribution in [0.2, 0.25) is 20.4 Å². The van der Waals surface area contributed by atoms with Crippen molar-refractivity contribution in [2.45, 2.75) is 55.5 Å². The van der Waals surface area contributed by atoms with Gasteiger partial charge in [0, 0.05) is 0 Å². The summed E-state index contributed by atoms with van der Waals surface area (Å²) in [4.78, 5) is 0. The van der Waals surface area contributed by atoms with E-state index in [0.717, 1.165) is 0 Å². The summed E-state index contributed by atoms with van der Waals surface area (Å²) in [6, 6.07) is 45.7. The van der Waals surface area contributed by atoms with Crippen molar-refractivity contribution in [3.8, 4) is 22.3 Å². The number of allylic oxidation sites excluding steroid dienone is 2. The molecule has 0 aromatic heterocycles. The second-order valence-corrected chi connectivity index (χ2v) is 61.3. The van der Waals surface area contributed by atoms with E-state index < -0.39 is 22.6 Å². The molecule has 2 aliphatic carbocycles. The van der Waals surface area contributed by atoms with Crippen LogP contribution in [0.25, 0.3) is 56.0 Å². The van der Waals surface area contributed by atoms with E-state index >= 15 is 0 Å². The number of benzene rings is 6. The Morgan fingerprint density at radius 1 is 0.458 bits per heavy atom. The molecule has 0 aliphatic heterocycles. The summed E-state index contributed by atoms with van der Waals surface area (Å²) in [6.45, 7) is 10.2. The Balaban J connectivity index is 1.36. The van der Waals surface area contributed by atoms with Crippen molar-refractivity contribution in [1.82, 2.24) is 0 Å². The maximum atomic E-state index is 2.90. The topological polar surface area (TPSA) is 0 Å². The molecule has 238 valence electrons. The fourth-order valence-corrected chi connectivity index (χ4v) is 82.5. The standard InChI is InChI=1S/2C19H13.C6H14Si.2CH3.Hf/c2*1-2-10-16-14(6-1)8-4-12-18(16)19-13-5-9-15-7-3-11-17(15)19;1-5(2)7-6(3)4;;;/h2*1-13H;5-6H,1-4H3;2*1H3;. The van der Waals surface area contributed by atoms with Gasteiger partial charge in [0.25, 0.3) is 0 Å². The van der Waals surface area contributed by atoms with Crippen molar-refractivity contribution in [3.05, 3.63) is 156 Å². The summed E-state index contributed by atoms with van der Waals surface area (Å²) < 4.78 is 6.81. The van der Waals surface area contributed by atoms with Crippen molar-refractivity contribution in [2.24, 2.45) is 0 Å². The molecular weight excluding hydrogens is 759 g/mol. The third-order valence-electron chi connectivity index (χ3n) is 12.1. The molecule has 0 radical (unpaired) electrons. The Bertz CT molecular complexity index is 2210. The predicted octanol–water partition coefficient (Wildman–Crippen LogP) is 13.8. The van der Waals surface area contributed by atoms with E-state index in [4.69, 9.17) is 0 Å². The van der Waals surface area contributed by atoms with E-state index in [0.29, 0.717) is 18.4 Å². The molecule has 0 bridgehead atoms. The van der Waals surface area contributed by atoms with Crippen molar-refractivity contribution in [3.63, 3.8) is 0 Å². The van der Waals surface area contributed by atoms with Crippen LogP contribution in [0, 0.1) is 0 Å². The number of fused-ring (bicyclic) bond motifs is 4. The Hall–Kier alpha value is -3.59. The first-order chi connectivity index (χ1) is 23.2. The van der Waals surface area contributed by atoms with Crippen LogP contribution in [0.15, 0.2) is 133 Å². The third-order valence-corrected chi connectivity index (χ3v) is 70.9. The molecular formula is C46H46HfSi. The van der Waals surface area contributed by atoms with Crippen molar-refractivity contribution < 1.29 is 17.1 Å². The van der Waals surface area contributed by atoms with Crippen LogP contribution in [-0.4, -0.2) is 5.49 Å². The predicted molar refractivity (Wildman–Crippen MR) is 210 cm³/mol. The summed E-state index contributed by atoms with van der Waals surface area (Å²) in [6.07, 6.45) is 10.4. The second-order valence-electron chi connectivity index (χ2n) is 15.7. The molecule has 0 heterocycles. The van der Waals surface area contributed by atoms with Gasteiger partial charge in [-0.15, -0.1) is 0 Å². The molecule has 0 saturated heterocycles. The van der Waals surface area contributed by atoms with Crippen molar-refractivity contribution in [1.29, 1.82) is 0 Å². The Labute approximate surface area is 287 Å². The van der Waals surface area contributed by atoms with Gasteiger partial charge in [0.2, 0.25) is 0 Å². The molecule has 48 heavy (non-hydrogen) atoms. The normalized spacial score (nSPS) is 17.1. The number of hydrogen-bond acceptors (Lipinski definition) is 0. The van der Waals surface area contributed by atoms with Crippen molar-refractivity contribution in [2.75, 3.05) is 0 Å². The SMILES string of the molecule is CC(C)[Si](C(C)C)=[Hf]([CH3])([CH3])([CH]1C=Cc2c(-c3cccc4ccccc34)cccc21)[CH]1C=Cc2c(-c3cccc4ccccc34)cccc21.